The van der Waals surface area contributed by atoms with Crippen LogP contribution in [0.25, 0.3) is 0 Å². The van der Waals surface area contributed by atoms with E-state index in [4.69, 9.17) is 45.3 Å². The normalized spacial score (nSPS) is 23.1. The number of nitrogens with one attached hydrogen (secondary N) is 5. The number of aliphatic hydroxyl groups excluding tert-OH is 2. The molecule has 0 spiro atoms. The van der Waals surface area contributed by atoms with Crippen molar-refractivity contribution in [1.29, 1.82) is 0 Å². The summed E-state index contributed by atoms with van der Waals surface area (Å²) < 4.78 is 6.18. The maximum Gasteiger partial charge on any atom is 0.326 e. The summed E-state index contributed by atoms with van der Waals surface area (Å²) >= 11 is 17.7. The Morgan fingerprint density at radius 2 is 1.67 bits per heavy atom. The molecule has 0 fully saturated rings. The van der Waals surface area contributed by atoms with Crippen LogP contribution in [-0.4, -0.2) is 116 Å². The molecule has 1 aliphatic heterocycles. The van der Waals surface area contributed by atoms with E-state index < -0.39 is 113 Å². The third-order valence-corrected chi connectivity index (χ3v) is 9.37. The first kappa shape index (κ1) is 44.6. The van der Waals surface area contributed by atoms with Gasteiger partial charge < -0.3 is 57.5 Å². The second-order valence-electron chi connectivity index (χ2n) is 12.7. The van der Waals surface area contributed by atoms with Gasteiger partial charge in [0, 0.05) is 30.4 Å². The molecule has 0 aromatic rings. The van der Waals surface area contributed by atoms with Crippen LogP contribution in [0.3, 0.4) is 0 Å². The van der Waals surface area contributed by atoms with Gasteiger partial charge in [0.1, 0.15) is 46.6 Å². The first-order valence-electron chi connectivity index (χ1n) is 16.3. The standard InChI is InChI=1S/C31H45Cl3N6O12/c1-12(2)23-22(28(46)38-17(11-32)26(44)37-16(30(48)49)10-14-18(41)6-7-20(14)52-23)40-27(45)21(19(42)5-4-8-35)39-25(43)15(9-13(3)24(33)34)36-29(47)31(50)51/h11-13,15-16,19,21-24,31,42,50-51H,4-10,35H2,1-3H3,(H,36,47)(H,37,44)(H,38,46)(H,39,43)(H,40,45)(H,48,49). The Labute approximate surface area is 314 Å². The summed E-state index contributed by atoms with van der Waals surface area (Å²) in [6.07, 6.45) is -6.12. The number of nitrogens with two attached hydrogens (primary N) is 1. The number of carbonyl (C=O) groups is 7. The predicted octanol–water partition coefficient (Wildman–Crippen LogP) is -1.49. The summed E-state index contributed by atoms with van der Waals surface area (Å²) in [5.41, 5.74) is 5.61. The summed E-state index contributed by atoms with van der Waals surface area (Å²) in [6.45, 7) is 4.85. The maximum atomic E-state index is 14.0. The highest BCUT2D eigenvalue weighted by Gasteiger charge is 2.42. The van der Waals surface area contributed by atoms with Crippen LogP contribution in [0.1, 0.15) is 59.3 Å². The summed E-state index contributed by atoms with van der Waals surface area (Å²) in [4.78, 5) is 90.4. The van der Waals surface area contributed by atoms with Crippen molar-refractivity contribution in [1.82, 2.24) is 26.6 Å². The molecule has 0 aromatic heterocycles. The maximum absolute atomic E-state index is 14.0. The van der Waals surface area contributed by atoms with Crippen LogP contribution < -0.4 is 32.3 Å². The van der Waals surface area contributed by atoms with Gasteiger partial charge in [-0.3, -0.25) is 28.8 Å². The van der Waals surface area contributed by atoms with E-state index in [2.05, 4.69) is 26.6 Å². The van der Waals surface area contributed by atoms with Crippen molar-refractivity contribution in [3.8, 4) is 0 Å². The van der Waals surface area contributed by atoms with Gasteiger partial charge in [-0.25, -0.2) is 4.79 Å². The van der Waals surface area contributed by atoms with Crippen molar-refractivity contribution < 1.29 is 58.7 Å². The number of halogens is 3. The lowest BCUT2D eigenvalue weighted by atomic mass is 9.96. The molecule has 52 heavy (non-hydrogen) atoms. The predicted molar refractivity (Wildman–Crippen MR) is 185 cm³/mol. The Morgan fingerprint density at radius 3 is 2.21 bits per heavy atom. The lowest BCUT2D eigenvalue weighted by molar-refractivity contribution is -0.150. The van der Waals surface area contributed by atoms with Gasteiger partial charge in [0.05, 0.1) is 6.10 Å². The van der Waals surface area contributed by atoms with Gasteiger partial charge >= 0.3 is 5.97 Å². The van der Waals surface area contributed by atoms with Crippen LogP contribution in [0.15, 0.2) is 22.6 Å². The van der Waals surface area contributed by atoms with Crippen LogP contribution in [0.4, 0.5) is 0 Å². The molecule has 0 saturated heterocycles. The molecule has 0 saturated carbocycles. The minimum atomic E-state index is -2.51. The van der Waals surface area contributed by atoms with Crippen molar-refractivity contribution >= 4 is 76.1 Å². The molecule has 1 heterocycles. The van der Waals surface area contributed by atoms with Crippen LogP contribution in [0, 0.1) is 11.8 Å². The van der Waals surface area contributed by atoms with E-state index in [0.717, 1.165) is 0 Å². The fourth-order valence-electron chi connectivity index (χ4n) is 5.36. The van der Waals surface area contributed by atoms with Gasteiger partial charge in [0.2, 0.25) is 18.1 Å². The zero-order chi connectivity index (χ0) is 39.4. The molecule has 292 valence electrons. The average molecular weight is 800 g/mol. The van der Waals surface area contributed by atoms with Gasteiger partial charge in [0.15, 0.2) is 5.78 Å². The number of Topliss-reactive ketones (excluding diaryl/α,β-unsaturated/α-hetero) is 1. The molecule has 7 atom stereocenters. The summed E-state index contributed by atoms with van der Waals surface area (Å²) in [5, 5.41) is 50.8. The van der Waals surface area contributed by atoms with Crippen molar-refractivity contribution in [2.75, 3.05) is 6.54 Å². The molecule has 2 aliphatic rings. The summed E-state index contributed by atoms with van der Waals surface area (Å²) in [5.74, 6) is -8.91. The van der Waals surface area contributed by atoms with E-state index in [9.17, 15) is 54.0 Å². The quantitative estimate of drug-likeness (QED) is 0.0514. The number of aliphatic hydroxyl groups is 3. The molecule has 11 N–H and O–H groups in total. The molecule has 5 amide bonds. The van der Waals surface area contributed by atoms with E-state index in [-0.39, 0.29) is 50.0 Å². The molecular weight excluding hydrogens is 755 g/mol. The molecule has 1 aliphatic carbocycles. The zero-order valence-electron chi connectivity index (χ0n) is 28.6. The lowest BCUT2D eigenvalue weighted by Crippen LogP contribution is -2.63. The first-order chi connectivity index (χ1) is 24.3. The van der Waals surface area contributed by atoms with Crippen LogP contribution >= 0.6 is 34.8 Å². The van der Waals surface area contributed by atoms with E-state index in [1.54, 1.807) is 13.8 Å². The second-order valence-corrected chi connectivity index (χ2v) is 14.1. The van der Waals surface area contributed by atoms with Crippen molar-refractivity contribution in [2.45, 2.75) is 107 Å². The molecule has 2 rings (SSSR count). The van der Waals surface area contributed by atoms with E-state index >= 15 is 0 Å². The Bertz CT molecular complexity index is 1430. The van der Waals surface area contributed by atoms with Gasteiger partial charge in [-0.15, -0.1) is 23.2 Å². The number of hydrogen-bond donors (Lipinski definition) is 10. The fourth-order valence-corrected chi connectivity index (χ4v) is 5.72. The monoisotopic (exact) mass is 798 g/mol. The summed E-state index contributed by atoms with van der Waals surface area (Å²) in [6, 6.07) is -6.69. The highest BCUT2D eigenvalue weighted by Crippen LogP contribution is 2.31. The number of aliphatic carboxylic acids is 1. The lowest BCUT2D eigenvalue weighted by Gasteiger charge is -2.34. The van der Waals surface area contributed by atoms with E-state index in [1.807, 2.05) is 0 Å². The molecule has 7 unspecified atom stereocenters. The van der Waals surface area contributed by atoms with Gasteiger partial charge in [0.25, 0.3) is 17.7 Å². The smallest absolute Gasteiger partial charge is 0.326 e. The topological polar surface area (TPSA) is 296 Å². The number of allylic oxidation sites excluding steroid dienone is 1. The largest absolute Gasteiger partial charge is 0.491 e. The molecule has 0 aromatic carbocycles. The highest BCUT2D eigenvalue weighted by molar-refractivity contribution is 6.44. The minimum absolute atomic E-state index is 0.0306. The average Bonchev–Trinajstić information content (AvgIpc) is 3.42. The van der Waals surface area contributed by atoms with Crippen LogP contribution in [-0.2, 0) is 38.3 Å². The van der Waals surface area contributed by atoms with Crippen molar-refractivity contribution in [3.05, 3.63) is 22.6 Å². The van der Waals surface area contributed by atoms with Crippen LogP contribution in [0.2, 0.25) is 0 Å². The number of carboxylic acid groups (broad SMARTS) is 1. The van der Waals surface area contributed by atoms with Gasteiger partial charge in [-0.1, -0.05) is 32.4 Å². The van der Waals surface area contributed by atoms with Crippen molar-refractivity contribution in [2.24, 2.45) is 17.6 Å². The summed E-state index contributed by atoms with van der Waals surface area (Å²) in [7, 11) is 0. The number of carboxylic acids is 1. The van der Waals surface area contributed by atoms with Crippen LogP contribution in [0.5, 0.6) is 0 Å². The molecule has 0 bridgehead atoms. The number of rotatable bonds is 15. The number of amides is 5. The minimum Gasteiger partial charge on any atom is -0.491 e. The third-order valence-electron chi connectivity index (χ3n) is 8.29. The van der Waals surface area contributed by atoms with Crippen molar-refractivity contribution in [3.63, 3.8) is 0 Å². The van der Waals surface area contributed by atoms with Gasteiger partial charge in [-0.05, 0) is 37.6 Å². The highest BCUT2D eigenvalue weighted by atomic mass is 35.5. The number of hydrogen-bond acceptors (Lipinski definition) is 12. The number of ether oxygens (including phenoxy) is 1. The molecule has 21 heteroatoms. The Morgan fingerprint density at radius 1 is 1.02 bits per heavy atom. The van der Waals surface area contributed by atoms with E-state index in [0.29, 0.717) is 5.54 Å². The number of carbonyl (C=O) groups excluding carboxylic acids is 6. The molecule has 0 radical (unpaired) electrons. The molecule has 18 nitrogen and oxygen atoms in total. The number of alkyl halides is 2. The Kier molecular flexibility index (Phi) is 17.7. The third kappa shape index (κ3) is 12.6. The first-order valence-corrected chi connectivity index (χ1v) is 17.6. The Hall–Kier alpha value is -3.52. The SMILES string of the molecule is CC(C)C1OC2=C(CC(C(=O)O)NC(=O)C(=CCl)NC(=O)C1NC(=O)C(NC(=O)C(CC(C)C(Cl)Cl)NC(=O)C(O)O)C(O)CCCN)C(=O)CC2. The molecular formula is C31H45Cl3N6O12. The van der Waals surface area contributed by atoms with E-state index in [1.165, 1.54) is 6.92 Å². The number of ketones is 1. The fraction of sp³-hybridized carbons (Fsp3) is 0.645. The van der Waals surface area contributed by atoms with Gasteiger partial charge in [-0.2, -0.15) is 0 Å². The zero-order valence-corrected chi connectivity index (χ0v) is 30.8. The second kappa shape index (κ2) is 20.6. The Balaban J connectivity index is 2.61.